The van der Waals surface area contributed by atoms with E-state index < -0.39 is 12.0 Å². The third-order valence-electron chi connectivity index (χ3n) is 6.19. The lowest BCUT2D eigenvalue weighted by Crippen LogP contribution is -2.30. The van der Waals surface area contributed by atoms with Crippen LogP contribution in [0.25, 0.3) is 10.8 Å². The highest BCUT2D eigenvalue weighted by molar-refractivity contribution is 5.94. The Balaban J connectivity index is 1.47. The Morgan fingerprint density at radius 1 is 1.11 bits per heavy atom. The minimum atomic E-state index is -2.73. The van der Waals surface area contributed by atoms with E-state index in [2.05, 4.69) is 20.3 Å². The Labute approximate surface area is 201 Å². The molecule has 0 spiro atoms. The Bertz CT molecular complexity index is 1360. The van der Waals surface area contributed by atoms with Crippen LogP contribution in [-0.2, 0) is 6.42 Å². The fraction of sp³-hybridized carbons (Fsp3) is 0.231. The Kier molecular flexibility index (Phi) is 5.98. The summed E-state index contributed by atoms with van der Waals surface area (Å²) in [6.45, 7) is -0.132. The molecule has 5 rings (SSSR count). The number of fused-ring (bicyclic) bond motifs is 1. The molecule has 1 amide bonds. The van der Waals surface area contributed by atoms with Gasteiger partial charge < -0.3 is 16.0 Å². The van der Waals surface area contributed by atoms with E-state index in [-0.39, 0.29) is 25.4 Å². The Morgan fingerprint density at radius 3 is 2.74 bits per heavy atom. The summed E-state index contributed by atoms with van der Waals surface area (Å²) >= 11 is 0. The van der Waals surface area contributed by atoms with Crippen molar-refractivity contribution < 1.29 is 13.6 Å². The molecule has 1 fully saturated rings. The molecule has 35 heavy (non-hydrogen) atoms. The van der Waals surface area contributed by atoms with Crippen LogP contribution in [0.1, 0.15) is 33.9 Å². The van der Waals surface area contributed by atoms with Crippen LogP contribution in [0.2, 0.25) is 0 Å². The second-order valence-electron chi connectivity index (χ2n) is 8.70. The summed E-state index contributed by atoms with van der Waals surface area (Å²) in [7, 11) is 0. The van der Waals surface area contributed by atoms with Gasteiger partial charge in [0.15, 0.2) is 0 Å². The molecule has 1 aromatic carbocycles. The SMILES string of the molecule is Nc1nccc2cc(CC(NC(=O)c3cccnc3)c3ccnc(N4CCC(F)(F)C4)c3)ccc12. The van der Waals surface area contributed by atoms with Gasteiger partial charge in [-0.3, -0.25) is 9.78 Å². The number of halogens is 2. The number of benzene rings is 1. The lowest BCUT2D eigenvalue weighted by Gasteiger charge is -2.23. The largest absolute Gasteiger partial charge is 0.383 e. The van der Waals surface area contributed by atoms with Gasteiger partial charge in [0.2, 0.25) is 0 Å². The number of carbonyl (C=O) groups is 1. The van der Waals surface area contributed by atoms with Crippen LogP contribution in [0.4, 0.5) is 20.4 Å². The van der Waals surface area contributed by atoms with Crippen LogP contribution in [0, 0.1) is 0 Å². The molecule has 178 valence electrons. The van der Waals surface area contributed by atoms with Crippen molar-refractivity contribution in [3.63, 3.8) is 0 Å². The van der Waals surface area contributed by atoms with E-state index in [1.165, 1.54) is 6.20 Å². The van der Waals surface area contributed by atoms with E-state index in [4.69, 9.17) is 5.73 Å². The molecule has 1 unspecified atom stereocenters. The second kappa shape index (κ2) is 9.25. The quantitative estimate of drug-likeness (QED) is 0.436. The number of nitrogens with zero attached hydrogens (tertiary/aromatic N) is 4. The van der Waals surface area contributed by atoms with Crippen molar-refractivity contribution in [1.29, 1.82) is 0 Å². The van der Waals surface area contributed by atoms with Crippen LogP contribution >= 0.6 is 0 Å². The molecule has 0 radical (unpaired) electrons. The summed E-state index contributed by atoms with van der Waals surface area (Å²) in [4.78, 5) is 27.0. The fourth-order valence-electron chi connectivity index (χ4n) is 4.36. The molecule has 9 heteroatoms. The van der Waals surface area contributed by atoms with Crippen molar-refractivity contribution in [2.75, 3.05) is 23.7 Å². The number of pyridine rings is 3. The van der Waals surface area contributed by atoms with E-state index in [0.717, 1.165) is 21.9 Å². The molecule has 3 N–H and O–H groups in total. The molecule has 1 atom stereocenters. The van der Waals surface area contributed by atoms with Crippen LogP contribution in [0.5, 0.6) is 0 Å². The highest BCUT2D eigenvalue weighted by Gasteiger charge is 2.38. The zero-order valence-corrected chi connectivity index (χ0v) is 18.9. The van der Waals surface area contributed by atoms with Gasteiger partial charge in [-0.2, -0.15) is 0 Å². The number of nitrogen functional groups attached to an aromatic ring is 1. The summed E-state index contributed by atoms with van der Waals surface area (Å²) in [6.07, 6.45) is 6.63. The third kappa shape index (κ3) is 5.03. The van der Waals surface area contributed by atoms with Gasteiger partial charge in [-0.1, -0.05) is 18.2 Å². The maximum Gasteiger partial charge on any atom is 0.266 e. The zero-order chi connectivity index (χ0) is 24.4. The first kappa shape index (κ1) is 22.6. The first-order valence-corrected chi connectivity index (χ1v) is 11.3. The molecule has 0 bridgehead atoms. The average molecular weight is 475 g/mol. The highest BCUT2D eigenvalue weighted by Crippen LogP contribution is 2.31. The van der Waals surface area contributed by atoms with Crippen molar-refractivity contribution in [1.82, 2.24) is 20.3 Å². The molecule has 4 aromatic rings. The van der Waals surface area contributed by atoms with E-state index in [1.807, 2.05) is 24.3 Å². The van der Waals surface area contributed by atoms with Gasteiger partial charge in [-0.15, -0.1) is 0 Å². The maximum atomic E-state index is 13.8. The van der Waals surface area contributed by atoms with E-state index in [9.17, 15) is 13.6 Å². The average Bonchev–Trinajstić information content (AvgIpc) is 3.24. The van der Waals surface area contributed by atoms with Crippen LogP contribution < -0.4 is 16.0 Å². The number of alkyl halides is 2. The van der Waals surface area contributed by atoms with Crippen LogP contribution in [0.3, 0.4) is 0 Å². The number of rotatable bonds is 6. The smallest absolute Gasteiger partial charge is 0.266 e. The summed E-state index contributed by atoms with van der Waals surface area (Å²) in [5, 5.41) is 4.88. The van der Waals surface area contributed by atoms with Gasteiger partial charge in [0.1, 0.15) is 11.6 Å². The van der Waals surface area contributed by atoms with Gasteiger partial charge in [0, 0.05) is 43.1 Å². The predicted octanol–water partition coefficient (Wildman–Crippen LogP) is 4.17. The molecule has 1 aliphatic rings. The molecule has 1 aliphatic heterocycles. The molecule has 0 aliphatic carbocycles. The number of hydrogen-bond donors (Lipinski definition) is 2. The first-order chi connectivity index (χ1) is 16.9. The number of nitrogens with two attached hydrogens (primary N) is 1. The minimum Gasteiger partial charge on any atom is -0.383 e. The summed E-state index contributed by atoms with van der Waals surface area (Å²) in [5.74, 6) is -2.08. The molecular weight excluding hydrogens is 450 g/mol. The third-order valence-corrected chi connectivity index (χ3v) is 6.19. The monoisotopic (exact) mass is 474 g/mol. The number of aromatic nitrogens is 3. The van der Waals surface area contributed by atoms with Gasteiger partial charge >= 0.3 is 0 Å². The molecule has 3 aromatic heterocycles. The second-order valence-corrected chi connectivity index (χ2v) is 8.70. The van der Waals surface area contributed by atoms with Crippen LogP contribution in [-0.4, -0.2) is 39.9 Å². The minimum absolute atomic E-state index is 0.199. The summed E-state index contributed by atoms with van der Waals surface area (Å²) in [5.41, 5.74) is 8.17. The van der Waals surface area contributed by atoms with E-state index in [0.29, 0.717) is 23.6 Å². The van der Waals surface area contributed by atoms with Gasteiger partial charge in [0.25, 0.3) is 11.8 Å². The Morgan fingerprint density at radius 2 is 1.97 bits per heavy atom. The standard InChI is InChI=1S/C26H24F2N6O/c27-26(28)7-11-34(16-26)23-14-19(6-9-31-23)22(33-25(35)20-2-1-8-30-15-20)13-17-3-4-21-18(12-17)5-10-32-24(21)29/h1-6,8-10,12,14-15,22H,7,11,13,16H2,(H2,29,32)(H,33,35). The topological polar surface area (TPSA) is 97.0 Å². The molecular formula is C26H24F2N6O. The normalized spacial score (nSPS) is 15.8. The first-order valence-electron chi connectivity index (χ1n) is 11.3. The number of amides is 1. The lowest BCUT2D eigenvalue weighted by atomic mass is 9.97. The highest BCUT2D eigenvalue weighted by atomic mass is 19.3. The summed E-state index contributed by atoms with van der Waals surface area (Å²) in [6, 6.07) is 14.3. The van der Waals surface area contributed by atoms with E-state index in [1.54, 1.807) is 47.8 Å². The predicted molar refractivity (Wildman–Crippen MR) is 130 cm³/mol. The van der Waals surface area contributed by atoms with Gasteiger partial charge in [0.05, 0.1) is 18.2 Å². The van der Waals surface area contributed by atoms with Crippen LogP contribution in [0.15, 0.2) is 73.3 Å². The number of anilines is 2. The molecule has 1 saturated heterocycles. The molecule has 0 saturated carbocycles. The van der Waals surface area contributed by atoms with Crippen molar-refractivity contribution >= 4 is 28.3 Å². The van der Waals surface area contributed by atoms with Crippen molar-refractivity contribution in [2.24, 2.45) is 0 Å². The Hall–Kier alpha value is -4.14. The number of nitrogens with one attached hydrogen (secondary N) is 1. The zero-order valence-electron chi connectivity index (χ0n) is 18.9. The summed E-state index contributed by atoms with van der Waals surface area (Å²) < 4.78 is 27.6. The molecule has 4 heterocycles. The van der Waals surface area contributed by atoms with Crippen molar-refractivity contribution in [3.05, 3.63) is 90.0 Å². The number of carbonyl (C=O) groups excluding carboxylic acids is 1. The van der Waals surface area contributed by atoms with Crippen molar-refractivity contribution in [2.45, 2.75) is 24.8 Å². The van der Waals surface area contributed by atoms with Gasteiger partial charge in [-0.05, 0) is 53.3 Å². The number of hydrogen-bond acceptors (Lipinski definition) is 6. The fourth-order valence-corrected chi connectivity index (χ4v) is 4.36. The van der Waals surface area contributed by atoms with Gasteiger partial charge in [-0.25, -0.2) is 18.7 Å². The lowest BCUT2D eigenvalue weighted by molar-refractivity contribution is 0.0256. The maximum absolute atomic E-state index is 13.8. The van der Waals surface area contributed by atoms with Crippen molar-refractivity contribution in [3.8, 4) is 0 Å². The molecule has 7 nitrogen and oxygen atoms in total. The van der Waals surface area contributed by atoms with E-state index >= 15 is 0 Å².